The molecule has 1 heterocycles. The minimum absolute atomic E-state index is 0.267. The lowest BCUT2D eigenvalue weighted by Gasteiger charge is -2.28. The van der Waals surface area contributed by atoms with Crippen LogP contribution in [0.3, 0.4) is 0 Å². The summed E-state index contributed by atoms with van der Waals surface area (Å²) < 4.78 is 5.27. The van der Waals surface area contributed by atoms with Crippen LogP contribution in [-0.4, -0.2) is 17.6 Å². The summed E-state index contributed by atoms with van der Waals surface area (Å²) in [6.07, 6.45) is 3.93. The summed E-state index contributed by atoms with van der Waals surface area (Å²) in [5, 5.41) is 8.91. The number of hydrogen-bond donors (Lipinski definition) is 0. The molecule has 1 aromatic heterocycles. The molecule has 1 aromatic carbocycles. The van der Waals surface area contributed by atoms with Crippen LogP contribution in [0.2, 0.25) is 0 Å². The third kappa shape index (κ3) is 3.32. The summed E-state index contributed by atoms with van der Waals surface area (Å²) in [6.45, 7) is 4.00. The first kappa shape index (κ1) is 15.7. The predicted octanol–water partition coefficient (Wildman–Crippen LogP) is 3.02. The van der Waals surface area contributed by atoms with Gasteiger partial charge in [-0.05, 0) is 55.7 Å². The Labute approximate surface area is 130 Å². The summed E-state index contributed by atoms with van der Waals surface area (Å²) >= 11 is 0. The fraction of sp³-hybridized carbons (Fsp3) is 0.278. The maximum absolute atomic E-state index is 12.5. The Balaban J connectivity index is 2.40. The van der Waals surface area contributed by atoms with Crippen molar-refractivity contribution in [3.63, 3.8) is 0 Å². The first-order valence-electron chi connectivity index (χ1n) is 7.17. The fourth-order valence-electron chi connectivity index (χ4n) is 2.40. The van der Waals surface area contributed by atoms with Gasteiger partial charge >= 0.3 is 5.97 Å². The molecule has 0 aliphatic rings. The Bertz CT molecular complexity index is 674. The molecule has 1 unspecified atom stereocenters. The van der Waals surface area contributed by atoms with Gasteiger partial charge in [-0.1, -0.05) is 12.1 Å². The molecular weight excluding hydrogens is 276 g/mol. The largest absolute Gasteiger partial charge is 0.465 e. The van der Waals surface area contributed by atoms with Crippen LogP contribution in [0.1, 0.15) is 30.5 Å². The van der Waals surface area contributed by atoms with Crippen molar-refractivity contribution < 1.29 is 9.53 Å². The van der Waals surface area contributed by atoms with Crippen molar-refractivity contribution in [1.82, 2.24) is 4.98 Å². The maximum atomic E-state index is 12.5. The number of rotatable bonds is 5. The van der Waals surface area contributed by atoms with E-state index in [1.54, 1.807) is 31.5 Å². The highest BCUT2D eigenvalue weighted by molar-refractivity contribution is 5.83. The van der Waals surface area contributed by atoms with E-state index in [1.807, 2.05) is 31.2 Å². The molecule has 0 aliphatic heterocycles. The minimum atomic E-state index is -0.800. The van der Waals surface area contributed by atoms with E-state index in [0.29, 0.717) is 18.6 Å². The van der Waals surface area contributed by atoms with E-state index in [2.05, 4.69) is 11.1 Å². The molecule has 4 heteroatoms. The lowest BCUT2D eigenvalue weighted by atomic mass is 9.77. The average Bonchev–Trinajstić information content (AvgIpc) is 2.56. The zero-order valence-electron chi connectivity index (χ0n) is 12.7. The molecule has 4 nitrogen and oxygen atoms in total. The van der Waals surface area contributed by atoms with E-state index in [4.69, 9.17) is 10.00 Å². The van der Waals surface area contributed by atoms with Gasteiger partial charge in [0.1, 0.15) is 0 Å². The number of esters is 1. The quantitative estimate of drug-likeness (QED) is 0.795. The zero-order valence-corrected chi connectivity index (χ0v) is 12.7. The molecule has 0 saturated carbocycles. The molecule has 22 heavy (non-hydrogen) atoms. The summed E-state index contributed by atoms with van der Waals surface area (Å²) in [5.74, 6) is -0.267. The van der Waals surface area contributed by atoms with Gasteiger partial charge in [-0.2, -0.15) is 5.26 Å². The molecule has 112 valence electrons. The number of nitrogens with zero attached hydrogens (tertiary/aromatic N) is 2. The zero-order chi connectivity index (χ0) is 16.0. The van der Waals surface area contributed by atoms with Gasteiger partial charge in [0.2, 0.25) is 0 Å². The normalized spacial score (nSPS) is 13.0. The summed E-state index contributed by atoms with van der Waals surface area (Å²) in [7, 11) is 0. The Morgan fingerprint density at radius 2 is 1.86 bits per heavy atom. The van der Waals surface area contributed by atoms with Crippen LogP contribution >= 0.6 is 0 Å². The van der Waals surface area contributed by atoms with E-state index < -0.39 is 5.41 Å². The van der Waals surface area contributed by atoms with Gasteiger partial charge in [-0.15, -0.1) is 0 Å². The Kier molecular flexibility index (Phi) is 4.90. The van der Waals surface area contributed by atoms with Crippen molar-refractivity contribution in [2.24, 2.45) is 0 Å². The van der Waals surface area contributed by atoms with Crippen LogP contribution in [0.15, 0.2) is 48.8 Å². The number of carbonyl (C=O) groups excluding carboxylic acids is 1. The Morgan fingerprint density at radius 1 is 1.23 bits per heavy atom. The van der Waals surface area contributed by atoms with Crippen LogP contribution in [0.25, 0.3) is 0 Å². The standard InChI is InChI=1S/C18H18N2O2/c1-3-22-17(21)18(2,12-14-8-10-20-11-9-14)16-6-4-15(13-19)5-7-16/h4-11H,3,12H2,1-2H3. The molecule has 0 N–H and O–H groups in total. The van der Waals surface area contributed by atoms with Gasteiger partial charge in [-0.25, -0.2) is 0 Å². The molecule has 0 radical (unpaired) electrons. The molecule has 0 saturated heterocycles. The number of hydrogen-bond acceptors (Lipinski definition) is 4. The molecule has 2 aromatic rings. The number of ether oxygens (including phenoxy) is 1. The van der Waals surface area contributed by atoms with Gasteiger partial charge in [-0.3, -0.25) is 9.78 Å². The van der Waals surface area contributed by atoms with Crippen LogP contribution in [0.4, 0.5) is 0 Å². The van der Waals surface area contributed by atoms with Crippen molar-refractivity contribution in [1.29, 1.82) is 5.26 Å². The van der Waals surface area contributed by atoms with Gasteiger partial charge in [0.25, 0.3) is 0 Å². The van der Waals surface area contributed by atoms with E-state index in [0.717, 1.165) is 11.1 Å². The van der Waals surface area contributed by atoms with Crippen molar-refractivity contribution in [3.8, 4) is 6.07 Å². The highest BCUT2D eigenvalue weighted by Crippen LogP contribution is 2.30. The number of pyridine rings is 1. The van der Waals surface area contributed by atoms with Crippen molar-refractivity contribution >= 4 is 5.97 Å². The van der Waals surface area contributed by atoms with E-state index >= 15 is 0 Å². The van der Waals surface area contributed by atoms with Gasteiger partial charge < -0.3 is 4.74 Å². The molecule has 2 rings (SSSR count). The Hall–Kier alpha value is -2.67. The minimum Gasteiger partial charge on any atom is -0.465 e. The smallest absolute Gasteiger partial charge is 0.316 e. The summed E-state index contributed by atoms with van der Waals surface area (Å²) in [4.78, 5) is 16.5. The van der Waals surface area contributed by atoms with Crippen molar-refractivity contribution in [3.05, 3.63) is 65.5 Å². The maximum Gasteiger partial charge on any atom is 0.316 e. The highest BCUT2D eigenvalue weighted by atomic mass is 16.5. The number of aromatic nitrogens is 1. The van der Waals surface area contributed by atoms with E-state index in [1.165, 1.54) is 0 Å². The van der Waals surface area contributed by atoms with Crippen LogP contribution < -0.4 is 0 Å². The first-order chi connectivity index (χ1) is 10.6. The molecule has 0 amide bonds. The summed E-state index contributed by atoms with van der Waals surface area (Å²) in [5.41, 5.74) is 1.61. The van der Waals surface area contributed by atoms with Crippen molar-refractivity contribution in [2.75, 3.05) is 6.61 Å². The van der Waals surface area contributed by atoms with Gasteiger partial charge in [0, 0.05) is 12.4 Å². The van der Waals surface area contributed by atoms with Crippen LogP contribution in [-0.2, 0) is 21.4 Å². The second-order valence-electron chi connectivity index (χ2n) is 5.27. The van der Waals surface area contributed by atoms with Gasteiger partial charge in [0.05, 0.1) is 23.7 Å². The van der Waals surface area contributed by atoms with E-state index in [-0.39, 0.29) is 5.97 Å². The molecule has 0 fully saturated rings. The monoisotopic (exact) mass is 294 g/mol. The third-order valence-electron chi connectivity index (χ3n) is 3.68. The first-order valence-corrected chi connectivity index (χ1v) is 7.17. The highest BCUT2D eigenvalue weighted by Gasteiger charge is 2.36. The topological polar surface area (TPSA) is 63.0 Å². The average molecular weight is 294 g/mol. The molecular formula is C18H18N2O2. The molecule has 0 bridgehead atoms. The number of benzene rings is 1. The Morgan fingerprint density at radius 3 is 2.41 bits per heavy atom. The second kappa shape index (κ2) is 6.86. The number of nitriles is 1. The predicted molar refractivity (Wildman–Crippen MR) is 83.1 cm³/mol. The van der Waals surface area contributed by atoms with Crippen molar-refractivity contribution in [2.45, 2.75) is 25.7 Å². The fourth-order valence-corrected chi connectivity index (χ4v) is 2.40. The molecule has 0 spiro atoms. The second-order valence-corrected chi connectivity index (χ2v) is 5.27. The van der Waals surface area contributed by atoms with Crippen LogP contribution in [0.5, 0.6) is 0 Å². The number of carbonyl (C=O) groups is 1. The lowest BCUT2D eigenvalue weighted by Crippen LogP contribution is -2.36. The third-order valence-corrected chi connectivity index (χ3v) is 3.68. The molecule has 0 aliphatic carbocycles. The SMILES string of the molecule is CCOC(=O)C(C)(Cc1ccncc1)c1ccc(C#N)cc1. The lowest BCUT2D eigenvalue weighted by molar-refractivity contribution is -0.149. The van der Waals surface area contributed by atoms with Crippen LogP contribution in [0, 0.1) is 11.3 Å². The van der Waals surface area contributed by atoms with E-state index in [9.17, 15) is 4.79 Å². The summed E-state index contributed by atoms with van der Waals surface area (Å²) in [6, 6.07) is 12.9. The van der Waals surface area contributed by atoms with Gasteiger partial charge in [0.15, 0.2) is 0 Å². The molecule has 1 atom stereocenters.